The summed E-state index contributed by atoms with van der Waals surface area (Å²) in [4.78, 5) is 9.10. The summed E-state index contributed by atoms with van der Waals surface area (Å²) in [5, 5.41) is 17.9. The third kappa shape index (κ3) is 4.65. The molecule has 0 aromatic carbocycles. The van der Waals surface area contributed by atoms with Gasteiger partial charge < -0.3 is 19.4 Å². The van der Waals surface area contributed by atoms with Crippen molar-refractivity contribution in [2.75, 3.05) is 24.8 Å². The van der Waals surface area contributed by atoms with E-state index in [1.807, 2.05) is 4.57 Å². The topological polar surface area (TPSA) is 137 Å². The Balaban J connectivity index is 1.50. The van der Waals surface area contributed by atoms with E-state index in [0.29, 0.717) is 42.1 Å². The van der Waals surface area contributed by atoms with Crippen LogP contribution in [-0.4, -0.2) is 58.3 Å². The van der Waals surface area contributed by atoms with Gasteiger partial charge in [0.2, 0.25) is 5.95 Å². The van der Waals surface area contributed by atoms with E-state index >= 15 is 0 Å². The van der Waals surface area contributed by atoms with Crippen LogP contribution in [0.5, 0.6) is 5.88 Å². The molecule has 11 nitrogen and oxygen atoms in total. The van der Waals surface area contributed by atoms with Gasteiger partial charge in [0.1, 0.15) is 35.1 Å². The normalized spacial score (nSPS) is 21.1. The quantitative estimate of drug-likeness (QED) is 0.550. The maximum absolute atomic E-state index is 11.7. The fourth-order valence-corrected chi connectivity index (χ4v) is 4.70. The molecule has 2 fully saturated rings. The molecule has 0 amide bonds. The first kappa shape index (κ1) is 21.7. The third-order valence-corrected chi connectivity index (χ3v) is 6.49. The second-order valence-corrected chi connectivity index (χ2v) is 10.9. The predicted molar refractivity (Wildman–Crippen MR) is 120 cm³/mol. The molecule has 1 saturated heterocycles. The maximum atomic E-state index is 11.7. The lowest BCUT2D eigenvalue weighted by Gasteiger charge is -2.31. The Bertz CT molecular complexity index is 1340. The van der Waals surface area contributed by atoms with Crippen LogP contribution in [0, 0.1) is 17.2 Å². The summed E-state index contributed by atoms with van der Waals surface area (Å²) in [5.41, 5.74) is 1.69. The Morgan fingerprint density at radius 3 is 2.88 bits per heavy atom. The Morgan fingerprint density at radius 1 is 1.36 bits per heavy atom. The van der Waals surface area contributed by atoms with Gasteiger partial charge in [-0.1, -0.05) is 6.92 Å². The average molecular weight is 472 g/mol. The van der Waals surface area contributed by atoms with Crippen LogP contribution in [0.15, 0.2) is 18.5 Å². The van der Waals surface area contributed by atoms with E-state index in [4.69, 9.17) is 14.5 Å². The summed E-state index contributed by atoms with van der Waals surface area (Å²) in [6, 6.07) is 4.17. The second kappa shape index (κ2) is 8.31. The summed E-state index contributed by atoms with van der Waals surface area (Å²) in [6.45, 7) is 3.37. The van der Waals surface area contributed by atoms with E-state index in [-0.39, 0.29) is 23.9 Å². The van der Waals surface area contributed by atoms with Gasteiger partial charge in [0.25, 0.3) is 5.88 Å². The molecule has 3 aromatic rings. The van der Waals surface area contributed by atoms with Crippen LogP contribution in [0.3, 0.4) is 0 Å². The molecule has 0 spiro atoms. The predicted octanol–water partition coefficient (Wildman–Crippen LogP) is 2.38. The molecule has 33 heavy (non-hydrogen) atoms. The first-order valence-corrected chi connectivity index (χ1v) is 12.9. The zero-order valence-electron chi connectivity index (χ0n) is 18.4. The van der Waals surface area contributed by atoms with Crippen LogP contribution >= 0.6 is 0 Å². The van der Waals surface area contributed by atoms with Crippen LogP contribution < -0.4 is 10.1 Å². The number of ether oxygens (including phenoxy) is 2. The Morgan fingerprint density at radius 2 is 2.18 bits per heavy atom. The molecule has 12 heteroatoms. The minimum atomic E-state index is -3.28. The van der Waals surface area contributed by atoms with Gasteiger partial charge in [-0.05, 0) is 25.3 Å². The van der Waals surface area contributed by atoms with Gasteiger partial charge in [0.05, 0.1) is 12.8 Å². The Kier molecular flexibility index (Phi) is 5.46. The molecular weight excluding hydrogens is 446 g/mol. The number of fused-ring (bicyclic) bond motifs is 1. The van der Waals surface area contributed by atoms with Crippen molar-refractivity contribution in [3.8, 4) is 11.9 Å². The van der Waals surface area contributed by atoms with Crippen molar-refractivity contribution in [3.05, 3.63) is 24.2 Å². The van der Waals surface area contributed by atoms with Crippen LogP contribution in [0.1, 0.15) is 37.9 Å². The van der Waals surface area contributed by atoms with Crippen molar-refractivity contribution < 1.29 is 17.9 Å². The molecule has 2 unspecified atom stereocenters. The van der Waals surface area contributed by atoms with Crippen LogP contribution in [0.2, 0.25) is 0 Å². The molecule has 1 aliphatic heterocycles. The lowest BCUT2D eigenvalue weighted by molar-refractivity contribution is 0.0296. The summed E-state index contributed by atoms with van der Waals surface area (Å²) < 4.78 is 38.2. The van der Waals surface area contributed by atoms with Crippen molar-refractivity contribution in [2.45, 2.75) is 44.2 Å². The van der Waals surface area contributed by atoms with Crippen molar-refractivity contribution in [3.63, 3.8) is 0 Å². The first-order chi connectivity index (χ1) is 15.8. The molecule has 1 saturated carbocycles. The number of nitrogens with one attached hydrogen (secondary N) is 1. The third-order valence-electron chi connectivity index (χ3n) is 5.76. The SMILES string of the molecule is CC1COCCC1n1c(C#N)cc2cnc(Nc3cn(CS(C)(=O)=O)nc3OC3CC3)nc21. The van der Waals surface area contributed by atoms with Gasteiger partial charge in [0, 0.05) is 36.4 Å². The molecule has 0 radical (unpaired) electrons. The molecule has 1 N–H and O–H groups in total. The zero-order valence-corrected chi connectivity index (χ0v) is 19.2. The van der Waals surface area contributed by atoms with Crippen molar-refractivity contribution in [1.82, 2.24) is 24.3 Å². The Labute approximate surface area is 191 Å². The molecule has 1 aliphatic carbocycles. The minimum Gasteiger partial charge on any atom is -0.472 e. The first-order valence-electron chi connectivity index (χ1n) is 10.9. The standard InChI is InChI=1S/C21H25N7O4S/c1-13-11-31-6-5-18(13)28-15(8-22)7-14-9-23-21(25-19(14)28)24-17-10-27(12-33(2,29)30)26-20(17)32-16-3-4-16/h7,9-10,13,16,18H,3-6,11-12H2,1-2H3,(H,23,24,25). The maximum Gasteiger partial charge on any atom is 0.257 e. The number of sulfone groups is 1. The lowest BCUT2D eigenvalue weighted by atomic mass is 9.97. The highest BCUT2D eigenvalue weighted by Crippen LogP contribution is 2.34. The zero-order chi connectivity index (χ0) is 23.2. The number of rotatable bonds is 7. The fraction of sp³-hybridized carbons (Fsp3) is 0.524. The van der Waals surface area contributed by atoms with Gasteiger partial charge in [0.15, 0.2) is 9.84 Å². The molecular formula is C21H25N7O4S. The second-order valence-electron chi connectivity index (χ2n) is 8.78. The molecule has 2 aliphatic rings. The van der Waals surface area contributed by atoms with E-state index in [1.54, 1.807) is 18.5 Å². The molecule has 0 bridgehead atoms. The van der Waals surface area contributed by atoms with Crippen LogP contribution in [-0.2, 0) is 20.5 Å². The van der Waals surface area contributed by atoms with Crippen molar-refractivity contribution in [1.29, 1.82) is 5.26 Å². The number of nitrogens with zero attached hydrogens (tertiary/aromatic N) is 6. The largest absolute Gasteiger partial charge is 0.472 e. The van der Waals surface area contributed by atoms with Gasteiger partial charge in [-0.25, -0.2) is 13.4 Å². The minimum absolute atomic E-state index is 0.0842. The summed E-state index contributed by atoms with van der Waals surface area (Å²) >= 11 is 0. The molecule has 3 aromatic heterocycles. The van der Waals surface area contributed by atoms with E-state index in [1.165, 1.54) is 4.68 Å². The molecule has 4 heterocycles. The number of nitriles is 1. The van der Waals surface area contributed by atoms with Gasteiger partial charge in [-0.2, -0.15) is 10.2 Å². The number of hydrogen-bond acceptors (Lipinski definition) is 9. The van der Waals surface area contributed by atoms with Gasteiger partial charge in [-0.15, -0.1) is 5.10 Å². The lowest BCUT2D eigenvalue weighted by Crippen LogP contribution is -2.28. The number of aromatic nitrogens is 5. The van der Waals surface area contributed by atoms with E-state index in [2.05, 4.69) is 28.4 Å². The average Bonchev–Trinajstić information content (AvgIpc) is 3.39. The number of hydrogen-bond donors (Lipinski definition) is 1. The highest BCUT2D eigenvalue weighted by Gasteiger charge is 2.29. The summed E-state index contributed by atoms with van der Waals surface area (Å²) in [7, 11) is -3.28. The van der Waals surface area contributed by atoms with Crippen molar-refractivity contribution in [2.24, 2.45) is 5.92 Å². The van der Waals surface area contributed by atoms with Crippen LogP contribution in [0.4, 0.5) is 11.6 Å². The monoisotopic (exact) mass is 471 g/mol. The van der Waals surface area contributed by atoms with Crippen molar-refractivity contribution >= 4 is 32.5 Å². The van der Waals surface area contributed by atoms with Crippen LogP contribution in [0.25, 0.3) is 11.0 Å². The number of anilines is 2. The van der Waals surface area contributed by atoms with E-state index in [0.717, 1.165) is 30.9 Å². The van der Waals surface area contributed by atoms with E-state index in [9.17, 15) is 13.7 Å². The smallest absolute Gasteiger partial charge is 0.257 e. The highest BCUT2D eigenvalue weighted by molar-refractivity contribution is 7.89. The fourth-order valence-electron chi connectivity index (χ4n) is 4.09. The highest BCUT2D eigenvalue weighted by atomic mass is 32.2. The van der Waals surface area contributed by atoms with Gasteiger partial charge in [-0.3, -0.25) is 4.68 Å². The Hall–Kier alpha value is -3.17. The summed E-state index contributed by atoms with van der Waals surface area (Å²) in [5.74, 6) is 0.605. The van der Waals surface area contributed by atoms with Gasteiger partial charge >= 0.3 is 0 Å². The molecule has 174 valence electrons. The molecule has 5 rings (SSSR count). The summed E-state index contributed by atoms with van der Waals surface area (Å²) in [6.07, 6.45) is 7.16. The molecule has 2 atom stereocenters. The van der Waals surface area contributed by atoms with E-state index < -0.39 is 9.84 Å².